The molecule has 0 atom stereocenters. The summed E-state index contributed by atoms with van der Waals surface area (Å²) in [6, 6.07) is 8.70. The van der Waals surface area contributed by atoms with Gasteiger partial charge in [0.25, 0.3) is 0 Å². The van der Waals surface area contributed by atoms with Crippen molar-refractivity contribution in [2.45, 2.75) is 44.9 Å². The van der Waals surface area contributed by atoms with Gasteiger partial charge in [-0.1, -0.05) is 46.8 Å². The maximum absolute atomic E-state index is 3.06. The summed E-state index contributed by atoms with van der Waals surface area (Å²) in [6.07, 6.45) is 0. The molecule has 0 unspecified atom stereocenters. The monoisotopic (exact) mass is 225 g/mol. The Morgan fingerprint density at radius 1 is 1.00 bits per heavy atom. The fourth-order valence-electron chi connectivity index (χ4n) is 1.14. The van der Waals surface area contributed by atoms with Crippen molar-refractivity contribution in [3.05, 3.63) is 29.8 Å². The Bertz CT molecular complexity index is 259. The molecule has 1 aromatic carbocycles. The lowest BCUT2D eigenvalue weighted by Crippen LogP contribution is -2.10. The van der Waals surface area contributed by atoms with E-state index in [9.17, 15) is 0 Å². The molecule has 0 aliphatic heterocycles. The molecule has 0 aliphatic rings. The molecular weight excluding hydrogens is 202 g/mol. The standard InChI is InChI=1S/C11H17NS.C2H6/c1-11(2,3)9-5-7-10(8-6-9)13-12-4;1-2/h5-8,12H,1-4H3;1-2H3. The first-order valence-electron chi connectivity index (χ1n) is 5.48. The third kappa shape index (κ3) is 5.24. The first-order chi connectivity index (χ1) is 7.04. The Balaban J connectivity index is 0.000000921. The lowest BCUT2D eigenvalue weighted by atomic mass is 9.87. The number of rotatable bonds is 2. The summed E-state index contributed by atoms with van der Waals surface area (Å²) in [4.78, 5) is 1.26. The van der Waals surface area contributed by atoms with E-state index >= 15 is 0 Å². The molecule has 0 bridgehead atoms. The van der Waals surface area contributed by atoms with Gasteiger partial charge in [-0.3, -0.25) is 4.72 Å². The van der Waals surface area contributed by atoms with Crippen LogP contribution in [0.15, 0.2) is 29.2 Å². The molecule has 2 heteroatoms. The van der Waals surface area contributed by atoms with E-state index in [-0.39, 0.29) is 5.41 Å². The van der Waals surface area contributed by atoms with Gasteiger partial charge in [0.15, 0.2) is 0 Å². The first-order valence-corrected chi connectivity index (χ1v) is 6.30. The van der Waals surface area contributed by atoms with Crippen LogP contribution in [0.3, 0.4) is 0 Å². The quantitative estimate of drug-likeness (QED) is 0.756. The summed E-state index contributed by atoms with van der Waals surface area (Å²) in [5, 5.41) is 0. The normalized spacial score (nSPS) is 10.5. The van der Waals surface area contributed by atoms with Gasteiger partial charge in [0.1, 0.15) is 0 Å². The summed E-state index contributed by atoms with van der Waals surface area (Å²) >= 11 is 1.64. The van der Waals surface area contributed by atoms with Crippen molar-refractivity contribution < 1.29 is 0 Å². The van der Waals surface area contributed by atoms with Crippen LogP contribution in [-0.2, 0) is 5.41 Å². The highest BCUT2D eigenvalue weighted by atomic mass is 32.2. The molecule has 0 saturated heterocycles. The molecule has 1 rings (SSSR count). The Morgan fingerprint density at radius 3 is 1.80 bits per heavy atom. The van der Waals surface area contributed by atoms with Crippen molar-refractivity contribution >= 4 is 11.9 Å². The van der Waals surface area contributed by atoms with Crippen LogP contribution in [0.25, 0.3) is 0 Å². The largest absolute Gasteiger partial charge is 0.263 e. The third-order valence-corrected chi connectivity index (χ3v) is 2.65. The van der Waals surface area contributed by atoms with Crippen LogP contribution in [0.5, 0.6) is 0 Å². The highest BCUT2D eigenvalue weighted by Crippen LogP contribution is 2.24. The van der Waals surface area contributed by atoms with Gasteiger partial charge in [0.05, 0.1) is 0 Å². The van der Waals surface area contributed by atoms with E-state index in [4.69, 9.17) is 0 Å². The van der Waals surface area contributed by atoms with Crippen molar-refractivity contribution in [3.63, 3.8) is 0 Å². The van der Waals surface area contributed by atoms with Crippen LogP contribution < -0.4 is 4.72 Å². The zero-order valence-corrected chi connectivity index (χ0v) is 11.5. The Hall–Kier alpha value is -0.470. The molecule has 1 aromatic rings. The van der Waals surface area contributed by atoms with E-state index < -0.39 is 0 Å². The minimum Gasteiger partial charge on any atom is -0.263 e. The van der Waals surface area contributed by atoms with E-state index in [1.54, 1.807) is 11.9 Å². The molecule has 0 saturated carbocycles. The van der Waals surface area contributed by atoms with Gasteiger partial charge < -0.3 is 0 Å². The van der Waals surface area contributed by atoms with Crippen LogP contribution in [0.4, 0.5) is 0 Å². The molecule has 0 heterocycles. The van der Waals surface area contributed by atoms with E-state index in [1.807, 2.05) is 20.9 Å². The fraction of sp³-hybridized carbons (Fsp3) is 0.538. The lowest BCUT2D eigenvalue weighted by Gasteiger charge is -2.18. The van der Waals surface area contributed by atoms with E-state index in [1.165, 1.54) is 10.5 Å². The van der Waals surface area contributed by atoms with Crippen molar-refractivity contribution in [1.82, 2.24) is 4.72 Å². The second-order valence-corrected chi connectivity index (χ2v) is 5.16. The molecule has 15 heavy (non-hydrogen) atoms. The van der Waals surface area contributed by atoms with Gasteiger partial charge in [-0.25, -0.2) is 0 Å². The van der Waals surface area contributed by atoms with Crippen LogP contribution in [0, 0.1) is 0 Å². The van der Waals surface area contributed by atoms with Gasteiger partial charge in [-0.15, -0.1) is 0 Å². The molecule has 0 aromatic heterocycles. The second-order valence-electron chi connectivity index (χ2n) is 4.08. The molecule has 0 aliphatic carbocycles. The summed E-state index contributed by atoms with van der Waals surface area (Å²) in [5.74, 6) is 0. The van der Waals surface area contributed by atoms with Crippen LogP contribution in [-0.4, -0.2) is 7.05 Å². The predicted molar refractivity (Wildman–Crippen MR) is 71.4 cm³/mol. The summed E-state index contributed by atoms with van der Waals surface area (Å²) in [5.41, 5.74) is 1.64. The number of hydrogen-bond acceptors (Lipinski definition) is 2. The molecule has 1 nitrogen and oxygen atoms in total. The zero-order chi connectivity index (χ0) is 11.9. The highest BCUT2D eigenvalue weighted by molar-refractivity contribution is 7.97. The number of hydrogen-bond donors (Lipinski definition) is 1. The van der Waals surface area contributed by atoms with Gasteiger partial charge >= 0.3 is 0 Å². The maximum Gasteiger partial charge on any atom is 0.0228 e. The Morgan fingerprint density at radius 2 is 1.47 bits per heavy atom. The molecule has 0 radical (unpaired) electrons. The van der Waals surface area contributed by atoms with Crippen molar-refractivity contribution in [1.29, 1.82) is 0 Å². The highest BCUT2D eigenvalue weighted by Gasteiger charge is 2.12. The molecule has 1 N–H and O–H groups in total. The first kappa shape index (κ1) is 14.5. The smallest absolute Gasteiger partial charge is 0.0228 e. The Kier molecular flexibility index (Phi) is 6.70. The average molecular weight is 225 g/mol. The fourth-order valence-corrected chi connectivity index (χ4v) is 1.65. The van der Waals surface area contributed by atoms with E-state index in [0.29, 0.717) is 0 Å². The third-order valence-electron chi connectivity index (χ3n) is 1.94. The second kappa shape index (κ2) is 6.91. The van der Waals surface area contributed by atoms with Gasteiger partial charge in [-0.05, 0) is 42.1 Å². The molecule has 0 amide bonds. The van der Waals surface area contributed by atoms with Crippen LogP contribution in [0.2, 0.25) is 0 Å². The Labute approximate surface area is 98.8 Å². The van der Waals surface area contributed by atoms with Crippen molar-refractivity contribution in [2.24, 2.45) is 0 Å². The van der Waals surface area contributed by atoms with Crippen LogP contribution >= 0.6 is 11.9 Å². The van der Waals surface area contributed by atoms with Crippen molar-refractivity contribution in [3.8, 4) is 0 Å². The van der Waals surface area contributed by atoms with Gasteiger partial charge in [0, 0.05) is 4.90 Å². The summed E-state index contributed by atoms with van der Waals surface area (Å²) in [7, 11) is 1.93. The molecule has 0 spiro atoms. The summed E-state index contributed by atoms with van der Waals surface area (Å²) in [6.45, 7) is 10.7. The molecule has 86 valence electrons. The molecular formula is C13H23NS. The van der Waals surface area contributed by atoms with Crippen LogP contribution in [0.1, 0.15) is 40.2 Å². The zero-order valence-electron chi connectivity index (χ0n) is 10.7. The maximum atomic E-state index is 3.06. The van der Waals surface area contributed by atoms with E-state index in [0.717, 1.165) is 0 Å². The van der Waals surface area contributed by atoms with E-state index in [2.05, 4.69) is 49.8 Å². The van der Waals surface area contributed by atoms with Gasteiger partial charge in [0.2, 0.25) is 0 Å². The minimum atomic E-state index is 0.253. The lowest BCUT2D eigenvalue weighted by molar-refractivity contribution is 0.590. The minimum absolute atomic E-state index is 0.253. The summed E-state index contributed by atoms with van der Waals surface area (Å²) < 4.78 is 3.06. The van der Waals surface area contributed by atoms with Gasteiger partial charge in [-0.2, -0.15) is 0 Å². The SMILES string of the molecule is CC.CNSc1ccc(C(C)(C)C)cc1. The van der Waals surface area contributed by atoms with Crippen molar-refractivity contribution in [2.75, 3.05) is 7.05 Å². The number of nitrogens with one attached hydrogen (secondary N) is 1. The predicted octanol–water partition coefficient (Wildman–Crippen LogP) is 4.24. The topological polar surface area (TPSA) is 12.0 Å². The molecule has 0 fully saturated rings. The average Bonchev–Trinajstić information content (AvgIpc) is 2.21. The number of benzene rings is 1.